The van der Waals surface area contributed by atoms with Gasteiger partial charge in [-0.05, 0) is 129 Å². The van der Waals surface area contributed by atoms with Gasteiger partial charge in [-0.15, -0.1) is 5.92 Å². The van der Waals surface area contributed by atoms with Gasteiger partial charge in [-0.3, -0.25) is 24.0 Å². The van der Waals surface area contributed by atoms with Crippen LogP contribution in [0.5, 0.6) is 0 Å². The molecule has 15 heteroatoms. The van der Waals surface area contributed by atoms with Gasteiger partial charge in [-0.2, -0.15) is 5.10 Å². The fourth-order valence-corrected chi connectivity index (χ4v) is 12.8. The van der Waals surface area contributed by atoms with Gasteiger partial charge in [0.25, 0.3) is 11.5 Å². The number of epoxide rings is 1. The minimum Gasteiger partial charge on any atom is -0.377 e. The topological polar surface area (TPSA) is 167 Å². The quantitative estimate of drug-likeness (QED) is 0.0557. The molecule has 6 aliphatic rings. The summed E-state index contributed by atoms with van der Waals surface area (Å²) in [4.78, 5) is 69.0. The fraction of sp³-hybridized carbons (Fsp3) is 0.492. The molecule has 1 spiro atoms. The molecular formula is C59H67FN6O8. The normalized spacial score (nSPS) is 23.7. The van der Waals surface area contributed by atoms with Crippen LogP contribution in [0, 0.1) is 29.5 Å². The Morgan fingerprint density at radius 1 is 0.919 bits per heavy atom. The number of hydrogen-bond acceptors (Lipinski definition) is 10. The summed E-state index contributed by atoms with van der Waals surface area (Å²) in [7, 11) is 2.13. The highest BCUT2D eigenvalue weighted by Crippen LogP contribution is 2.73. The zero-order valence-corrected chi connectivity index (χ0v) is 42.6. The number of hydrogen-bond donors (Lipinski definition) is 2. The predicted molar refractivity (Wildman–Crippen MR) is 279 cm³/mol. The molecule has 3 aromatic carbocycles. The maximum atomic E-state index is 15.0. The van der Waals surface area contributed by atoms with E-state index in [4.69, 9.17) is 14.2 Å². The lowest BCUT2D eigenvalue weighted by molar-refractivity contribution is -0.138. The molecule has 1 aromatic heterocycles. The number of nitrogens with one attached hydrogen (secondary N) is 2. The lowest BCUT2D eigenvalue weighted by atomic mass is 9.57. The van der Waals surface area contributed by atoms with Gasteiger partial charge in [0.05, 0.1) is 36.5 Å². The summed E-state index contributed by atoms with van der Waals surface area (Å²) in [5.74, 6) is 6.91. The summed E-state index contributed by atoms with van der Waals surface area (Å²) in [5.41, 5.74) is 7.28. The zero-order chi connectivity index (χ0) is 51.4. The van der Waals surface area contributed by atoms with Crippen molar-refractivity contribution in [1.29, 1.82) is 0 Å². The van der Waals surface area contributed by atoms with Crippen LogP contribution in [0.3, 0.4) is 0 Å². The van der Waals surface area contributed by atoms with Crippen LogP contribution in [0.2, 0.25) is 0 Å². The third-order valence-corrected chi connectivity index (χ3v) is 16.5. The van der Waals surface area contributed by atoms with Crippen LogP contribution in [0.4, 0.5) is 10.1 Å². The second-order valence-electron chi connectivity index (χ2n) is 20.9. The van der Waals surface area contributed by atoms with Crippen molar-refractivity contribution < 1.29 is 37.8 Å². The number of H-pyrrole nitrogens is 1. The SMILES string of the molecule is CC#C[C@]12CC[C@H]3[C@@H]4CCC5=CC(=O)CCC5=C4[C@@H](c4ccc(N(C)CCCCCC(=O)NCCOCCOCC(=O)N5CCN(C(=O)c6cc(Cc7n[nH]c(=O)c8ccccc78)ccc6F)CC5)cc4)C[C@@]31O2. The van der Waals surface area contributed by atoms with E-state index in [1.54, 1.807) is 33.6 Å². The molecule has 2 N–H and O–H groups in total. The average Bonchev–Trinajstić information content (AvgIpc) is 4.01. The molecule has 4 fully saturated rings. The summed E-state index contributed by atoms with van der Waals surface area (Å²) >= 11 is 0. The number of halogens is 1. The van der Waals surface area contributed by atoms with Crippen LogP contribution in [-0.4, -0.2) is 127 Å². The number of fused-ring (bicyclic) bond motifs is 4. The van der Waals surface area contributed by atoms with Crippen LogP contribution in [0.25, 0.3) is 10.8 Å². The smallest absolute Gasteiger partial charge is 0.272 e. The molecule has 2 saturated heterocycles. The van der Waals surface area contributed by atoms with Gasteiger partial charge >= 0.3 is 0 Å². The molecule has 388 valence electrons. The van der Waals surface area contributed by atoms with Crippen molar-refractivity contribution in [3.8, 4) is 11.8 Å². The third kappa shape index (κ3) is 10.5. The Labute approximate surface area is 432 Å². The van der Waals surface area contributed by atoms with Gasteiger partial charge in [0.15, 0.2) is 11.4 Å². The van der Waals surface area contributed by atoms with Crippen molar-refractivity contribution in [2.75, 3.05) is 77.6 Å². The predicted octanol–water partition coefficient (Wildman–Crippen LogP) is 7.21. The van der Waals surface area contributed by atoms with E-state index in [0.717, 1.165) is 64.3 Å². The fourth-order valence-electron chi connectivity index (χ4n) is 12.8. The lowest BCUT2D eigenvalue weighted by Gasteiger charge is -2.46. The second-order valence-corrected chi connectivity index (χ2v) is 20.9. The van der Waals surface area contributed by atoms with Gasteiger partial charge in [-0.1, -0.05) is 54.3 Å². The molecule has 4 aromatic rings. The molecule has 2 aliphatic heterocycles. The summed E-state index contributed by atoms with van der Waals surface area (Å²) in [6.45, 7) is 4.99. The molecule has 4 aliphatic carbocycles. The number of allylic oxidation sites excluding steroid dienone is 4. The van der Waals surface area contributed by atoms with Crippen molar-refractivity contribution in [3.05, 3.63) is 128 Å². The average molecular weight is 1010 g/mol. The molecule has 2 saturated carbocycles. The van der Waals surface area contributed by atoms with Crippen molar-refractivity contribution in [2.45, 2.75) is 101 Å². The molecule has 5 atom stereocenters. The standard InChI is InChI=1S/C59H67FN6O8/c1-3-23-58-24-22-50-47-19-15-41-36-43(67)18-20-44(41)55(47)49(37-59(50,58)74-58)40-13-16-42(17-14-40)64(2)26-8-4-5-11-53(68)61-25-31-72-32-33-73-38-54(69)65-27-29-66(30-28-65)57(71)48-34-39(12-21-51(48)60)35-52-45-9-6-7-10-46(45)56(70)63-62-52/h6-7,9-10,12-14,16-17,21,34,36,47,49-50H,4-5,8,11,15,18-20,22,24-33,35,37-38H2,1-2H3,(H,61,68)(H,63,70)/t47-,49+,50-,58-,59+/m0/s1. The number of anilines is 1. The van der Waals surface area contributed by atoms with E-state index in [1.807, 2.05) is 25.1 Å². The number of ketones is 1. The van der Waals surface area contributed by atoms with E-state index in [-0.39, 0.29) is 78.8 Å². The summed E-state index contributed by atoms with van der Waals surface area (Å²) in [5, 5.41) is 10.8. The number of carbonyl (C=O) groups excluding carboxylic acids is 4. The number of benzene rings is 3. The first-order valence-electron chi connectivity index (χ1n) is 26.6. The van der Waals surface area contributed by atoms with Crippen LogP contribution in [0.1, 0.15) is 111 Å². The number of ether oxygens (including phenoxy) is 3. The van der Waals surface area contributed by atoms with Crippen molar-refractivity contribution in [2.24, 2.45) is 11.8 Å². The molecular weight excluding hydrogens is 940 g/mol. The first-order chi connectivity index (χ1) is 36.0. The van der Waals surface area contributed by atoms with E-state index >= 15 is 0 Å². The maximum Gasteiger partial charge on any atom is 0.272 e. The summed E-state index contributed by atoms with van der Waals surface area (Å²) in [6.07, 6.45) is 12.1. The van der Waals surface area contributed by atoms with E-state index in [1.165, 1.54) is 34.5 Å². The molecule has 14 nitrogen and oxygen atoms in total. The van der Waals surface area contributed by atoms with Crippen LogP contribution in [0.15, 0.2) is 94.3 Å². The second kappa shape index (κ2) is 22.2. The Hall–Kier alpha value is -6.47. The lowest BCUT2D eigenvalue weighted by Crippen LogP contribution is -2.51. The van der Waals surface area contributed by atoms with Gasteiger partial charge in [-0.25, -0.2) is 9.49 Å². The minimum absolute atomic E-state index is 0.00530. The molecule has 0 unspecified atom stereocenters. The first kappa shape index (κ1) is 51.0. The monoisotopic (exact) mass is 1010 g/mol. The molecule has 0 radical (unpaired) electrons. The van der Waals surface area contributed by atoms with Gasteiger partial charge in [0.2, 0.25) is 11.8 Å². The van der Waals surface area contributed by atoms with E-state index in [9.17, 15) is 28.4 Å². The number of amides is 3. The Balaban J connectivity index is 0.585. The number of aromatic nitrogens is 2. The van der Waals surface area contributed by atoms with E-state index in [2.05, 4.69) is 63.6 Å². The Morgan fingerprint density at radius 3 is 2.51 bits per heavy atom. The number of carbonyl (C=O) groups is 4. The Bertz CT molecular complexity index is 2990. The number of rotatable bonds is 19. The number of piperazine rings is 1. The van der Waals surface area contributed by atoms with E-state index < -0.39 is 11.7 Å². The highest BCUT2D eigenvalue weighted by molar-refractivity contribution is 5.95. The maximum absolute atomic E-state index is 15.0. The van der Waals surface area contributed by atoms with E-state index in [0.29, 0.717) is 79.4 Å². The minimum atomic E-state index is -0.631. The van der Waals surface area contributed by atoms with Crippen LogP contribution in [-0.2, 0) is 35.0 Å². The first-order valence-corrected chi connectivity index (χ1v) is 26.6. The number of aromatic amines is 1. The van der Waals surface area contributed by atoms with Crippen LogP contribution < -0.4 is 15.8 Å². The van der Waals surface area contributed by atoms with Crippen molar-refractivity contribution in [3.63, 3.8) is 0 Å². The summed E-state index contributed by atoms with van der Waals surface area (Å²) < 4.78 is 32.9. The van der Waals surface area contributed by atoms with Crippen molar-refractivity contribution >= 4 is 40.0 Å². The van der Waals surface area contributed by atoms with Gasteiger partial charge < -0.3 is 34.2 Å². The molecule has 0 bridgehead atoms. The third-order valence-electron chi connectivity index (χ3n) is 16.5. The molecule has 3 amide bonds. The number of unbranched alkanes of at least 4 members (excludes halogenated alkanes) is 2. The van der Waals surface area contributed by atoms with Crippen LogP contribution >= 0.6 is 0 Å². The Kier molecular flexibility index (Phi) is 15.3. The van der Waals surface area contributed by atoms with Gasteiger partial charge in [0.1, 0.15) is 18.0 Å². The highest BCUT2D eigenvalue weighted by atomic mass is 19.1. The van der Waals surface area contributed by atoms with Crippen molar-refractivity contribution in [1.82, 2.24) is 25.3 Å². The molecule has 10 rings (SSSR count). The van der Waals surface area contributed by atoms with Gasteiger partial charge in [0, 0.05) is 82.6 Å². The highest BCUT2D eigenvalue weighted by Gasteiger charge is 2.79. The zero-order valence-electron chi connectivity index (χ0n) is 42.6. The molecule has 74 heavy (non-hydrogen) atoms. The number of nitrogens with zero attached hydrogens (tertiary/aromatic N) is 4. The molecule has 3 heterocycles. The largest absolute Gasteiger partial charge is 0.377 e. The summed E-state index contributed by atoms with van der Waals surface area (Å²) in [6, 6.07) is 20.6. The Morgan fingerprint density at radius 2 is 1.70 bits per heavy atom.